The Kier molecular flexibility index (Phi) is 5.48. The molecule has 3 rings (SSSR count). The Morgan fingerprint density at radius 3 is 2.41 bits per heavy atom. The van der Waals surface area contributed by atoms with Crippen molar-refractivity contribution in [3.8, 4) is 6.07 Å². The molecule has 136 valence electrons. The number of benzene rings is 2. The van der Waals surface area contributed by atoms with Crippen molar-refractivity contribution in [3.63, 3.8) is 0 Å². The number of nitriles is 1. The van der Waals surface area contributed by atoms with Crippen LogP contribution in [0.25, 0.3) is 10.9 Å². The van der Waals surface area contributed by atoms with Crippen LogP contribution in [0.4, 0.5) is 5.69 Å². The Morgan fingerprint density at radius 2 is 1.74 bits per heavy atom. The number of carbonyl (C=O) groups excluding carboxylic acids is 1. The molecule has 0 fully saturated rings. The third-order valence-electron chi connectivity index (χ3n) is 4.58. The first kappa shape index (κ1) is 18.9. The molecule has 2 aromatic carbocycles. The van der Waals surface area contributed by atoms with Gasteiger partial charge in [0.15, 0.2) is 0 Å². The van der Waals surface area contributed by atoms with Gasteiger partial charge in [-0.3, -0.25) is 4.79 Å². The van der Waals surface area contributed by atoms with Gasteiger partial charge in [-0.05, 0) is 56.0 Å². The first-order chi connectivity index (χ1) is 12.9. The van der Waals surface area contributed by atoms with Crippen LogP contribution >= 0.6 is 11.8 Å². The molecule has 0 atom stereocenters. The SMILES string of the molecule is Cc1cccc(C)c1NC(=O)CSc1nc2c(C)ccc(C)c2cc1C#N. The van der Waals surface area contributed by atoms with Gasteiger partial charge in [0.05, 0.1) is 16.8 Å². The average molecular weight is 375 g/mol. The summed E-state index contributed by atoms with van der Waals surface area (Å²) in [7, 11) is 0. The van der Waals surface area contributed by atoms with Crippen LogP contribution in [0, 0.1) is 39.0 Å². The van der Waals surface area contributed by atoms with Crippen molar-refractivity contribution in [1.29, 1.82) is 5.26 Å². The summed E-state index contributed by atoms with van der Waals surface area (Å²) < 4.78 is 0. The van der Waals surface area contributed by atoms with E-state index in [1.165, 1.54) is 11.8 Å². The van der Waals surface area contributed by atoms with E-state index in [1.54, 1.807) is 0 Å². The largest absolute Gasteiger partial charge is 0.325 e. The van der Waals surface area contributed by atoms with Crippen molar-refractivity contribution in [1.82, 2.24) is 4.98 Å². The predicted molar refractivity (Wildman–Crippen MR) is 111 cm³/mol. The normalized spacial score (nSPS) is 10.6. The maximum absolute atomic E-state index is 12.4. The molecule has 1 heterocycles. The third kappa shape index (κ3) is 3.96. The average Bonchev–Trinajstić information content (AvgIpc) is 2.65. The number of anilines is 1. The Labute approximate surface area is 163 Å². The lowest BCUT2D eigenvalue weighted by Gasteiger charge is -2.12. The highest BCUT2D eigenvalue weighted by Crippen LogP contribution is 2.28. The van der Waals surface area contributed by atoms with Crippen LogP contribution < -0.4 is 5.32 Å². The molecule has 0 radical (unpaired) electrons. The minimum atomic E-state index is -0.107. The lowest BCUT2D eigenvalue weighted by atomic mass is 10.0. The molecule has 0 aliphatic carbocycles. The zero-order valence-corrected chi connectivity index (χ0v) is 16.7. The number of nitrogens with one attached hydrogen (secondary N) is 1. The summed E-state index contributed by atoms with van der Waals surface area (Å²) in [4.78, 5) is 17.1. The second-order valence-corrected chi connectivity index (χ2v) is 7.62. The second kappa shape index (κ2) is 7.81. The molecular weight excluding hydrogens is 354 g/mol. The van der Waals surface area contributed by atoms with E-state index in [0.29, 0.717) is 10.6 Å². The smallest absolute Gasteiger partial charge is 0.234 e. The molecule has 4 nitrogen and oxygen atoms in total. The molecule has 0 aliphatic rings. The first-order valence-electron chi connectivity index (χ1n) is 8.70. The van der Waals surface area contributed by atoms with Gasteiger partial charge < -0.3 is 5.32 Å². The van der Waals surface area contributed by atoms with Gasteiger partial charge in [0.25, 0.3) is 0 Å². The van der Waals surface area contributed by atoms with Crippen LogP contribution in [0.5, 0.6) is 0 Å². The number of thioether (sulfide) groups is 1. The number of fused-ring (bicyclic) bond motifs is 1. The number of aryl methyl sites for hydroxylation is 4. The molecule has 3 aromatic rings. The van der Waals surface area contributed by atoms with Crippen molar-refractivity contribution in [2.24, 2.45) is 0 Å². The number of aromatic nitrogens is 1. The summed E-state index contributed by atoms with van der Waals surface area (Å²) >= 11 is 1.29. The fraction of sp³-hybridized carbons (Fsp3) is 0.227. The molecule has 0 saturated carbocycles. The molecule has 0 spiro atoms. The number of amides is 1. The van der Waals surface area contributed by atoms with E-state index in [4.69, 9.17) is 0 Å². The Bertz CT molecular complexity index is 1060. The van der Waals surface area contributed by atoms with Gasteiger partial charge in [-0.15, -0.1) is 0 Å². The minimum Gasteiger partial charge on any atom is -0.325 e. The van der Waals surface area contributed by atoms with E-state index < -0.39 is 0 Å². The highest BCUT2D eigenvalue weighted by atomic mass is 32.2. The van der Waals surface area contributed by atoms with Crippen LogP contribution in [0.15, 0.2) is 41.4 Å². The highest BCUT2D eigenvalue weighted by Gasteiger charge is 2.13. The highest BCUT2D eigenvalue weighted by molar-refractivity contribution is 8.00. The van der Waals surface area contributed by atoms with Gasteiger partial charge >= 0.3 is 0 Å². The van der Waals surface area contributed by atoms with Crippen molar-refractivity contribution in [2.75, 3.05) is 11.1 Å². The summed E-state index contributed by atoms with van der Waals surface area (Å²) in [6, 6.07) is 14.1. The van der Waals surface area contributed by atoms with Crippen LogP contribution in [0.2, 0.25) is 0 Å². The van der Waals surface area contributed by atoms with Gasteiger partial charge in [0.2, 0.25) is 5.91 Å². The quantitative estimate of drug-likeness (QED) is 0.647. The topological polar surface area (TPSA) is 65.8 Å². The molecule has 0 aliphatic heterocycles. The number of hydrogen-bond donors (Lipinski definition) is 1. The van der Waals surface area contributed by atoms with E-state index in [-0.39, 0.29) is 11.7 Å². The van der Waals surface area contributed by atoms with Crippen LogP contribution in [0.3, 0.4) is 0 Å². The molecule has 0 bridgehead atoms. The second-order valence-electron chi connectivity index (χ2n) is 6.65. The summed E-state index contributed by atoms with van der Waals surface area (Å²) in [6.45, 7) is 7.96. The van der Waals surface area contributed by atoms with E-state index in [1.807, 2.05) is 64.1 Å². The lowest BCUT2D eigenvalue weighted by Crippen LogP contribution is -2.16. The number of nitrogens with zero attached hydrogens (tertiary/aromatic N) is 2. The van der Waals surface area contributed by atoms with E-state index >= 15 is 0 Å². The molecule has 5 heteroatoms. The van der Waals surface area contributed by atoms with Crippen molar-refractivity contribution in [3.05, 3.63) is 64.2 Å². The predicted octanol–water partition coefficient (Wildman–Crippen LogP) is 5.07. The first-order valence-corrected chi connectivity index (χ1v) is 9.69. The molecule has 1 amide bonds. The maximum Gasteiger partial charge on any atom is 0.234 e. The minimum absolute atomic E-state index is 0.107. The standard InChI is InChI=1S/C22H21N3OS/c1-13-8-9-16(4)21-18(13)10-17(11-23)22(25-21)27-12-19(26)24-20-14(2)6-5-7-15(20)3/h5-10H,12H2,1-4H3,(H,24,26). The van der Waals surface area contributed by atoms with E-state index in [0.717, 1.165) is 38.8 Å². The number of hydrogen-bond acceptors (Lipinski definition) is 4. The van der Waals surface area contributed by atoms with Crippen LogP contribution in [0.1, 0.15) is 27.8 Å². The van der Waals surface area contributed by atoms with E-state index in [9.17, 15) is 10.1 Å². The molecule has 0 saturated heterocycles. The Hall–Kier alpha value is -2.84. The Balaban J connectivity index is 1.83. The van der Waals surface area contributed by atoms with Crippen molar-refractivity contribution in [2.45, 2.75) is 32.7 Å². The van der Waals surface area contributed by atoms with Gasteiger partial charge in [0, 0.05) is 11.1 Å². The van der Waals surface area contributed by atoms with Crippen molar-refractivity contribution < 1.29 is 4.79 Å². The van der Waals surface area contributed by atoms with Crippen LogP contribution in [-0.2, 0) is 4.79 Å². The van der Waals surface area contributed by atoms with Gasteiger partial charge in [-0.2, -0.15) is 5.26 Å². The molecule has 1 aromatic heterocycles. The Morgan fingerprint density at radius 1 is 1.07 bits per heavy atom. The summed E-state index contributed by atoms with van der Waals surface area (Å²) in [5, 5.41) is 14.1. The summed E-state index contributed by atoms with van der Waals surface area (Å²) in [6.07, 6.45) is 0. The zero-order chi connectivity index (χ0) is 19.6. The lowest BCUT2D eigenvalue weighted by molar-refractivity contribution is -0.113. The third-order valence-corrected chi connectivity index (χ3v) is 5.57. The molecule has 0 unspecified atom stereocenters. The maximum atomic E-state index is 12.4. The fourth-order valence-corrected chi connectivity index (χ4v) is 3.78. The monoisotopic (exact) mass is 375 g/mol. The van der Waals surface area contributed by atoms with Crippen molar-refractivity contribution >= 4 is 34.3 Å². The zero-order valence-electron chi connectivity index (χ0n) is 15.9. The number of carbonyl (C=O) groups is 1. The molecule has 1 N–H and O–H groups in total. The summed E-state index contributed by atoms with van der Waals surface area (Å²) in [5.41, 5.74) is 6.43. The number of para-hydroxylation sites is 1. The fourth-order valence-electron chi connectivity index (χ4n) is 3.03. The molecule has 27 heavy (non-hydrogen) atoms. The van der Waals surface area contributed by atoms with Gasteiger partial charge in [0.1, 0.15) is 11.1 Å². The molecular formula is C22H21N3OS. The number of pyridine rings is 1. The number of rotatable bonds is 4. The van der Waals surface area contributed by atoms with E-state index in [2.05, 4.69) is 16.4 Å². The van der Waals surface area contributed by atoms with Gasteiger partial charge in [-0.1, -0.05) is 42.1 Å². The van der Waals surface area contributed by atoms with Crippen LogP contribution in [-0.4, -0.2) is 16.6 Å². The summed E-state index contributed by atoms with van der Waals surface area (Å²) in [5.74, 6) is 0.0930. The van der Waals surface area contributed by atoms with Gasteiger partial charge in [-0.25, -0.2) is 4.98 Å².